The Labute approximate surface area is 131 Å². The van der Waals surface area contributed by atoms with Gasteiger partial charge in [0.15, 0.2) is 0 Å². The number of carbonyl (C=O) groups excluding carboxylic acids is 1. The van der Waals surface area contributed by atoms with Crippen LogP contribution in [0.25, 0.3) is 5.69 Å². The van der Waals surface area contributed by atoms with Crippen molar-refractivity contribution in [1.29, 1.82) is 0 Å². The molecule has 2 aromatic heterocycles. The van der Waals surface area contributed by atoms with Crippen LogP contribution in [0.1, 0.15) is 0 Å². The van der Waals surface area contributed by atoms with Crippen LogP contribution in [0.4, 0.5) is 5.69 Å². The molecular formula is C15H13N5OS. The molecule has 3 aromatic rings. The molecule has 0 bridgehead atoms. The van der Waals surface area contributed by atoms with Crippen LogP contribution in [0, 0.1) is 0 Å². The smallest absolute Gasteiger partial charge is 0.234 e. The number of nitrogens with zero attached hydrogens (tertiary/aromatic N) is 4. The minimum absolute atomic E-state index is 0.0656. The molecule has 3 rings (SSSR count). The molecule has 1 N–H and O–H groups in total. The van der Waals surface area contributed by atoms with E-state index in [9.17, 15) is 4.79 Å². The number of hydrogen-bond acceptors (Lipinski definition) is 5. The number of pyridine rings is 1. The second kappa shape index (κ2) is 6.86. The average molecular weight is 311 g/mol. The summed E-state index contributed by atoms with van der Waals surface area (Å²) in [6, 6.07) is 13.0. The summed E-state index contributed by atoms with van der Waals surface area (Å²) in [5, 5.41) is 7.73. The third-order valence-electron chi connectivity index (χ3n) is 2.82. The molecule has 0 spiro atoms. The van der Waals surface area contributed by atoms with Gasteiger partial charge in [0, 0.05) is 11.9 Å². The first-order chi connectivity index (χ1) is 10.8. The van der Waals surface area contributed by atoms with E-state index in [2.05, 4.69) is 20.4 Å². The van der Waals surface area contributed by atoms with E-state index in [1.807, 2.05) is 42.5 Å². The van der Waals surface area contributed by atoms with Gasteiger partial charge in [-0.2, -0.15) is 5.10 Å². The molecule has 0 radical (unpaired) electrons. The first-order valence-electron chi connectivity index (χ1n) is 6.60. The SMILES string of the molecule is O=C(CSc1ccccn1)Nc1ccc(-n2cncn2)cc1. The lowest BCUT2D eigenvalue weighted by molar-refractivity contribution is -0.113. The fraction of sp³-hybridized carbons (Fsp3) is 0.0667. The first kappa shape index (κ1) is 14.3. The fourth-order valence-corrected chi connectivity index (χ4v) is 2.47. The fourth-order valence-electron chi connectivity index (χ4n) is 1.81. The third kappa shape index (κ3) is 3.70. The summed E-state index contributed by atoms with van der Waals surface area (Å²) >= 11 is 1.40. The molecule has 0 saturated heterocycles. The molecular weight excluding hydrogens is 298 g/mol. The van der Waals surface area contributed by atoms with E-state index in [-0.39, 0.29) is 5.91 Å². The van der Waals surface area contributed by atoms with Gasteiger partial charge in [-0.1, -0.05) is 17.8 Å². The van der Waals surface area contributed by atoms with Crippen LogP contribution < -0.4 is 5.32 Å². The maximum Gasteiger partial charge on any atom is 0.234 e. The second-order valence-electron chi connectivity index (χ2n) is 4.39. The average Bonchev–Trinajstić information content (AvgIpc) is 3.09. The topological polar surface area (TPSA) is 72.7 Å². The zero-order chi connectivity index (χ0) is 15.2. The van der Waals surface area contributed by atoms with Crippen LogP contribution in [0.2, 0.25) is 0 Å². The Kier molecular flexibility index (Phi) is 4.45. The number of amides is 1. The van der Waals surface area contributed by atoms with E-state index < -0.39 is 0 Å². The Bertz CT molecular complexity index is 728. The highest BCUT2D eigenvalue weighted by atomic mass is 32.2. The van der Waals surface area contributed by atoms with Crippen molar-refractivity contribution >= 4 is 23.4 Å². The van der Waals surface area contributed by atoms with Crippen molar-refractivity contribution in [3.8, 4) is 5.69 Å². The summed E-state index contributed by atoms with van der Waals surface area (Å²) in [6.45, 7) is 0. The molecule has 0 atom stereocenters. The van der Waals surface area contributed by atoms with Gasteiger partial charge in [-0.3, -0.25) is 4.79 Å². The van der Waals surface area contributed by atoms with Crippen molar-refractivity contribution in [1.82, 2.24) is 19.7 Å². The summed E-state index contributed by atoms with van der Waals surface area (Å²) in [5.74, 6) is 0.256. The normalized spacial score (nSPS) is 10.4. The number of nitrogens with one attached hydrogen (secondary N) is 1. The summed E-state index contributed by atoms with van der Waals surface area (Å²) in [7, 11) is 0. The predicted molar refractivity (Wildman–Crippen MR) is 84.9 cm³/mol. The van der Waals surface area contributed by atoms with Crippen molar-refractivity contribution < 1.29 is 4.79 Å². The van der Waals surface area contributed by atoms with E-state index in [1.54, 1.807) is 17.2 Å². The van der Waals surface area contributed by atoms with Crippen molar-refractivity contribution in [2.45, 2.75) is 5.03 Å². The molecule has 1 aromatic carbocycles. The number of aromatic nitrogens is 4. The molecule has 110 valence electrons. The van der Waals surface area contributed by atoms with Gasteiger partial charge in [-0.05, 0) is 36.4 Å². The van der Waals surface area contributed by atoms with E-state index >= 15 is 0 Å². The minimum atomic E-state index is -0.0656. The Morgan fingerprint density at radius 1 is 1.18 bits per heavy atom. The monoisotopic (exact) mass is 311 g/mol. The predicted octanol–water partition coefficient (Wildman–Crippen LogP) is 2.39. The molecule has 2 heterocycles. The van der Waals surface area contributed by atoms with Gasteiger partial charge in [0.05, 0.1) is 16.5 Å². The van der Waals surface area contributed by atoms with Gasteiger partial charge < -0.3 is 5.32 Å². The van der Waals surface area contributed by atoms with Gasteiger partial charge >= 0.3 is 0 Å². The summed E-state index contributed by atoms with van der Waals surface area (Å²) in [4.78, 5) is 20.0. The maximum absolute atomic E-state index is 11.9. The zero-order valence-electron chi connectivity index (χ0n) is 11.6. The van der Waals surface area contributed by atoms with E-state index in [0.29, 0.717) is 5.75 Å². The number of hydrogen-bond donors (Lipinski definition) is 1. The Hall–Kier alpha value is -2.67. The van der Waals surface area contributed by atoms with Crippen LogP contribution in [0.3, 0.4) is 0 Å². The molecule has 0 aliphatic rings. The zero-order valence-corrected chi connectivity index (χ0v) is 12.4. The number of carbonyl (C=O) groups is 1. The second-order valence-corrected chi connectivity index (χ2v) is 5.39. The number of benzene rings is 1. The lowest BCUT2D eigenvalue weighted by Crippen LogP contribution is -2.14. The standard InChI is InChI=1S/C15H13N5OS/c21-14(9-22-15-3-1-2-8-17-15)19-12-4-6-13(7-5-12)20-11-16-10-18-20/h1-8,10-11H,9H2,(H,19,21). The number of thioether (sulfide) groups is 1. The Morgan fingerprint density at radius 2 is 2.05 bits per heavy atom. The lowest BCUT2D eigenvalue weighted by atomic mass is 10.3. The quantitative estimate of drug-likeness (QED) is 0.732. The van der Waals surface area contributed by atoms with Crippen LogP contribution in [-0.4, -0.2) is 31.4 Å². The highest BCUT2D eigenvalue weighted by Gasteiger charge is 2.05. The lowest BCUT2D eigenvalue weighted by Gasteiger charge is -2.06. The Morgan fingerprint density at radius 3 is 2.73 bits per heavy atom. The van der Waals surface area contributed by atoms with Gasteiger partial charge in [-0.25, -0.2) is 14.6 Å². The van der Waals surface area contributed by atoms with Gasteiger partial charge in [0.2, 0.25) is 5.91 Å². The van der Waals surface area contributed by atoms with Gasteiger partial charge in [-0.15, -0.1) is 0 Å². The highest BCUT2D eigenvalue weighted by Crippen LogP contribution is 2.16. The Balaban J connectivity index is 1.55. The van der Waals surface area contributed by atoms with E-state index in [4.69, 9.17) is 0 Å². The van der Waals surface area contributed by atoms with Crippen LogP contribution >= 0.6 is 11.8 Å². The summed E-state index contributed by atoms with van der Waals surface area (Å²) in [6.07, 6.45) is 4.81. The first-order valence-corrected chi connectivity index (χ1v) is 7.58. The van der Waals surface area contributed by atoms with Crippen molar-refractivity contribution in [2.75, 3.05) is 11.1 Å². The van der Waals surface area contributed by atoms with Gasteiger partial charge in [0.25, 0.3) is 0 Å². The molecule has 0 unspecified atom stereocenters. The van der Waals surface area contributed by atoms with Gasteiger partial charge in [0.1, 0.15) is 12.7 Å². The van der Waals surface area contributed by atoms with E-state index in [1.165, 1.54) is 18.1 Å². The van der Waals surface area contributed by atoms with Crippen molar-refractivity contribution in [2.24, 2.45) is 0 Å². The third-order valence-corrected chi connectivity index (χ3v) is 3.77. The largest absolute Gasteiger partial charge is 0.325 e. The molecule has 0 aliphatic heterocycles. The molecule has 6 nitrogen and oxygen atoms in total. The molecule has 0 aliphatic carbocycles. The number of anilines is 1. The number of rotatable bonds is 5. The maximum atomic E-state index is 11.9. The molecule has 7 heteroatoms. The summed E-state index contributed by atoms with van der Waals surface area (Å²) in [5.41, 5.74) is 1.63. The highest BCUT2D eigenvalue weighted by molar-refractivity contribution is 7.99. The van der Waals surface area contributed by atoms with Crippen molar-refractivity contribution in [3.63, 3.8) is 0 Å². The molecule has 0 fully saturated rings. The molecule has 1 amide bonds. The van der Waals surface area contributed by atoms with E-state index in [0.717, 1.165) is 16.4 Å². The molecule has 22 heavy (non-hydrogen) atoms. The van der Waals surface area contributed by atoms with Crippen LogP contribution in [0.5, 0.6) is 0 Å². The minimum Gasteiger partial charge on any atom is -0.325 e. The molecule has 0 saturated carbocycles. The van der Waals surface area contributed by atoms with Crippen LogP contribution in [0.15, 0.2) is 66.3 Å². The van der Waals surface area contributed by atoms with Crippen LogP contribution in [-0.2, 0) is 4.79 Å². The summed E-state index contributed by atoms with van der Waals surface area (Å²) < 4.78 is 1.66. The van der Waals surface area contributed by atoms with Crippen molar-refractivity contribution in [3.05, 3.63) is 61.3 Å².